The first-order valence-corrected chi connectivity index (χ1v) is 10.3. The van der Waals surface area contributed by atoms with Gasteiger partial charge in [0.1, 0.15) is 0 Å². The molecule has 0 radical (unpaired) electrons. The zero-order chi connectivity index (χ0) is 23.8. The van der Waals surface area contributed by atoms with Gasteiger partial charge < -0.3 is 24.8 Å². The Morgan fingerprint density at radius 1 is 0.844 bits per heavy atom. The Morgan fingerprint density at radius 2 is 1.41 bits per heavy atom. The Bertz CT molecular complexity index is 926. The zero-order valence-corrected chi connectivity index (χ0v) is 19.9. The molecule has 0 aliphatic rings. The predicted octanol–water partition coefficient (Wildman–Crippen LogP) is 3.54. The third kappa shape index (κ3) is 6.62. The summed E-state index contributed by atoms with van der Waals surface area (Å²) in [4.78, 5) is 26.7. The molecule has 2 aromatic carbocycles. The number of aryl methyl sites for hydroxylation is 3. The minimum atomic E-state index is -0.184. The minimum absolute atomic E-state index is 0.118. The molecule has 0 spiro atoms. The second kappa shape index (κ2) is 11.4. The Kier molecular flexibility index (Phi) is 8.90. The average Bonchev–Trinajstić information content (AvgIpc) is 2.74. The third-order valence-corrected chi connectivity index (χ3v) is 5.02. The summed E-state index contributed by atoms with van der Waals surface area (Å²) in [6, 6.07) is 7.42. The standard InChI is InChI=1S/C24H33N3O5/c1-15-10-16(2)23(17(3)11-15)26-22(29)14-27(4)9-8-21(28)25-18-12-19(30-5)24(32-7)20(13-18)31-6/h10-13H,8-9,14H2,1-7H3,(H,25,28)(H,26,29). The van der Waals surface area contributed by atoms with E-state index in [-0.39, 0.29) is 24.8 Å². The lowest BCUT2D eigenvalue weighted by Gasteiger charge is -2.18. The number of rotatable bonds is 10. The van der Waals surface area contributed by atoms with Crippen molar-refractivity contribution in [2.75, 3.05) is 52.1 Å². The predicted molar refractivity (Wildman–Crippen MR) is 126 cm³/mol. The molecule has 0 atom stereocenters. The molecule has 0 saturated carbocycles. The molecule has 2 aromatic rings. The average molecular weight is 444 g/mol. The first-order chi connectivity index (χ1) is 15.2. The molecule has 0 unspecified atom stereocenters. The lowest BCUT2D eigenvalue weighted by atomic mass is 10.1. The van der Waals surface area contributed by atoms with E-state index < -0.39 is 0 Å². The van der Waals surface area contributed by atoms with E-state index in [1.165, 1.54) is 21.3 Å². The third-order valence-electron chi connectivity index (χ3n) is 5.02. The van der Waals surface area contributed by atoms with Crippen molar-refractivity contribution in [3.8, 4) is 17.2 Å². The van der Waals surface area contributed by atoms with Gasteiger partial charge in [-0.25, -0.2) is 0 Å². The van der Waals surface area contributed by atoms with Crippen LogP contribution in [-0.2, 0) is 9.59 Å². The molecule has 0 saturated heterocycles. The molecule has 8 heteroatoms. The molecule has 2 N–H and O–H groups in total. The van der Waals surface area contributed by atoms with Gasteiger partial charge in [-0.15, -0.1) is 0 Å². The Balaban J connectivity index is 1.90. The normalized spacial score (nSPS) is 10.6. The number of hydrogen-bond acceptors (Lipinski definition) is 6. The van der Waals surface area contributed by atoms with Crippen LogP contribution in [0.5, 0.6) is 17.2 Å². The van der Waals surface area contributed by atoms with Crippen LogP contribution in [0.2, 0.25) is 0 Å². The van der Waals surface area contributed by atoms with Crippen LogP contribution in [0.4, 0.5) is 11.4 Å². The van der Waals surface area contributed by atoms with Gasteiger partial charge in [-0.05, 0) is 38.9 Å². The van der Waals surface area contributed by atoms with Gasteiger partial charge in [0.2, 0.25) is 17.6 Å². The number of methoxy groups -OCH3 is 3. The minimum Gasteiger partial charge on any atom is -0.493 e. The van der Waals surface area contributed by atoms with Crippen molar-refractivity contribution in [1.82, 2.24) is 4.90 Å². The Labute approximate surface area is 189 Å². The lowest BCUT2D eigenvalue weighted by molar-refractivity contribution is -0.119. The first-order valence-electron chi connectivity index (χ1n) is 10.3. The summed E-state index contributed by atoms with van der Waals surface area (Å²) >= 11 is 0. The second-order valence-corrected chi connectivity index (χ2v) is 7.77. The molecular weight excluding hydrogens is 410 g/mol. The highest BCUT2D eigenvalue weighted by molar-refractivity contribution is 5.94. The van der Waals surface area contributed by atoms with Crippen molar-refractivity contribution >= 4 is 23.2 Å². The van der Waals surface area contributed by atoms with Crippen molar-refractivity contribution in [3.05, 3.63) is 41.0 Å². The molecule has 0 bridgehead atoms. The number of nitrogens with zero attached hydrogens (tertiary/aromatic N) is 1. The van der Waals surface area contributed by atoms with Crippen molar-refractivity contribution < 1.29 is 23.8 Å². The fraction of sp³-hybridized carbons (Fsp3) is 0.417. The van der Waals surface area contributed by atoms with E-state index in [1.54, 1.807) is 19.2 Å². The topological polar surface area (TPSA) is 89.1 Å². The van der Waals surface area contributed by atoms with Crippen molar-refractivity contribution in [2.45, 2.75) is 27.2 Å². The maximum absolute atomic E-state index is 12.5. The fourth-order valence-corrected chi connectivity index (χ4v) is 3.55. The van der Waals surface area contributed by atoms with Gasteiger partial charge in [0.15, 0.2) is 11.5 Å². The van der Waals surface area contributed by atoms with E-state index in [0.29, 0.717) is 29.5 Å². The van der Waals surface area contributed by atoms with E-state index in [2.05, 4.69) is 10.6 Å². The first kappa shape index (κ1) is 25.0. The summed E-state index contributed by atoms with van der Waals surface area (Å²) in [6.07, 6.45) is 0.225. The van der Waals surface area contributed by atoms with Crippen LogP contribution >= 0.6 is 0 Å². The second-order valence-electron chi connectivity index (χ2n) is 7.77. The summed E-state index contributed by atoms with van der Waals surface area (Å²) in [7, 11) is 6.36. The highest BCUT2D eigenvalue weighted by Crippen LogP contribution is 2.39. The molecule has 32 heavy (non-hydrogen) atoms. The quantitative estimate of drug-likeness (QED) is 0.584. The summed E-state index contributed by atoms with van der Waals surface area (Å²) in [5, 5.41) is 5.81. The molecule has 2 rings (SSSR count). The van der Waals surface area contributed by atoms with Crippen LogP contribution < -0.4 is 24.8 Å². The van der Waals surface area contributed by atoms with Crippen LogP contribution in [0.3, 0.4) is 0 Å². The molecule has 2 amide bonds. The van der Waals surface area contributed by atoms with Gasteiger partial charge in [0.25, 0.3) is 0 Å². The van der Waals surface area contributed by atoms with Gasteiger partial charge in [-0.1, -0.05) is 17.7 Å². The van der Waals surface area contributed by atoms with Crippen LogP contribution in [0.1, 0.15) is 23.1 Å². The molecule has 8 nitrogen and oxygen atoms in total. The van der Waals surface area contributed by atoms with Crippen LogP contribution in [0.15, 0.2) is 24.3 Å². The monoisotopic (exact) mass is 443 g/mol. The van der Waals surface area contributed by atoms with E-state index >= 15 is 0 Å². The maximum atomic E-state index is 12.5. The largest absolute Gasteiger partial charge is 0.493 e. The van der Waals surface area contributed by atoms with Crippen LogP contribution in [0, 0.1) is 20.8 Å². The van der Waals surface area contributed by atoms with Gasteiger partial charge in [0.05, 0.1) is 27.9 Å². The maximum Gasteiger partial charge on any atom is 0.238 e. The highest BCUT2D eigenvalue weighted by Gasteiger charge is 2.15. The van der Waals surface area contributed by atoms with E-state index in [9.17, 15) is 9.59 Å². The highest BCUT2D eigenvalue weighted by atomic mass is 16.5. The molecule has 0 aromatic heterocycles. The fourth-order valence-electron chi connectivity index (χ4n) is 3.55. The SMILES string of the molecule is COc1cc(NC(=O)CCN(C)CC(=O)Nc2c(C)cc(C)cc2C)cc(OC)c1OC. The van der Waals surface area contributed by atoms with Crippen molar-refractivity contribution in [2.24, 2.45) is 0 Å². The molecule has 174 valence electrons. The summed E-state index contributed by atoms with van der Waals surface area (Å²) in [6.45, 7) is 6.60. The Morgan fingerprint density at radius 3 is 1.91 bits per heavy atom. The number of anilines is 2. The van der Waals surface area contributed by atoms with Crippen molar-refractivity contribution in [1.29, 1.82) is 0 Å². The molecule has 0 aliphatic heterocycles. The number of nitrogens with one attached hydrogen (secondary N) is 2. The number of likely N-dealkylation sites (N-methyl/N-ethyl adjacent to an activating group) is 1. The lowest BCUT2D eigenvalue weighted by Crippen LogP contribution is -2.32. The molecule has 0 fully saturated rings. The van der Waals surface area contributed by atoms with E-state index in [0.717, 1.165) is 22.4 Å². The summed E-state index contributed by atoms with van der Waals surface area (Å²) < 4.78 is 15.9. The van der Waals surface area contributed by atoms with Crippen LogP contribution in [0.25, 0.3) is 0 Å². The molecular formula is C24H33N3O5. The number of carbonyl (C=O) groups is 2. The van der Waals surface area contributed by atoms with Gasteiger partial charge in [-0.3, -0.25) is 14.5 Å². The van der Waals surface area contributed by atoms with Crippen LogP contribution in [-0.4, -0.2) is 58.2 Å². The van der Waals surface area contributed by atoms with Crippen molar-refractivity contribution in [3.63, 3.8) is 0 Å². The van der Waals surface area contributed by atoms with E-state index in [1.807, 2.05) is 37.8 Å². The molecule has 0 heterocycles. The summed E-state index contributed by atoms with van der Waals surface area (Å²) in [5.41, 5.74) is 4.60. The molecule has 0 aliphatic carbocycles. The van der Waals surface area contributed by atoms with Gasteiger partial charge in [0, 0.05) is 36.5 Å². The number of ether oxygens (including phenoxy) is 3. The van der Waals surface area contributed by atoms with Gasteiger partial charge >= 0.3 is 0 Å². The number of carbonyl (C=O) groups excluding carboxylic acids is 2. The van der Waals surface area contributed by atoms with E-state index in [4.69, 9.17) is 14.2 Å². The Hall–Kier alpha value is -3.26. The smallest absolute Gasteiger partial charge is 0.238 e. The number of hydrogen-bond donors (Lipinski definition) is 2. The summed E-state index contributed by atoms with van der Waals surface area (Å²) in [5.74, 6) is 1.07. The van der Waals surface area contributed by atoms with Gasteiger partial charge in [-0.2, -0.15) is 0 Å². The number of benzene rings is 2. The zero-order valence-electron chi connectivity index (χ0n) is 19.9. The number of amides is 2.